The Kier molecular flexibility index (Phi) is 2.95. The van der Waals surface area contributed by atoms with Crippen LogP contribution in [0, 0.1) is 11.3 Å². The van der Waals surface area contributed by atoms with Gasteiger partial charge in [0.15, 0.2) is 0 Å². The Morgan fingerprint density at radius 2 is 1.86 bits per heavy atom. The lowest BCUT2D eigenvalue weighted by Crippen LogP contribution is -2.58. The molecule has 116 valence electrons. The van der Waals surface area contributed by atoms with Crippen LogP contribution in [-0.4, -0.2) is 32.4 Å². The summed E-state index contributed by atoms with van der Waals surface area (Å²) < 4.78 is 5.86. The second-order valence-corrected chi connectivity index (χ2v) is 13.1. The van der Waals surface area contributed by atoms with Crippen molar-refractivity contribution in [2.75, 3.05) is 0 Å². The molecule has 0 radical (unpaired) electrons. The molecule has 2 saturated heterocycles. The maximum atomic E-state index is 12.6. The first-order chi connectivity index (χ1) is 9.93. The summed E-state index contributed by atoms with van der Waals surface area (Å²) in [5.74, 6) is 0.163. The summed E-state index contributed by atoms with van der Waals surface area (Å²) in [6.45, 7) is 6.93. The average molecular weight is 308 g/mol. The fourth-order valence-corrected chi connectivity index (χ4v) is 6.51. The molecular weight excluding hydrogens is 284 g/mol. The van der Waals surface area contributed by atoms with Crippen LogP contribution in [0.15, 0.2) is 11.3 Å². The third-order valence-electron chi connectivity index (χ3n) is 5.83. The molecular formula is C16H24O4Si. The smallest absolute Gasteiger partial charge is 0.313 e. The van der Waals surface area contributed by atoms with Crippen molar-refractivity contribution < 1.29 is 19.3 Å². The lowest BCUT2D eigenvalue weighted by atomic mass is 9.62. The number of hydrogen-bond donors (Lipinski definition) is 0. The average Bonchev–Trinajstić information content (AvgIpc) is 2.74. The van der Waals surface area contributed by atoms with Crippen molar-refractivity contribution in [3.63, 3.8) is 0 Å². The van der Waals surface area contributed by atoms with E-state index in [1.165, 1.54) is 11.6 Å². The van der Waals surface area contributed by atoms with E-state index in [4.69, 9.17) is 14.5 Å². The highest BCUT2D eigenvalue weighted by atomic mass is 28.3. The molecule has 0 amide bonds. The molecule has 0 N–H and O–H groups in total. The largest absolute Gasteiger partial charge is 0.458 e. The molecule has 3 aliphatic heterocycles. The van der Waals surface area contributed by atoms with Gasteiger partial charge in [0, 0.05) is 5.92 Å². The van der Waals surface area contributed by atoms with Gasteiger partial charge in [-0.1, -0.05) is 45.0 Å². The van der Waals surface area contributed by atoms with Crippen LogP contribution in [0.1, 0.15) is 32.1 Å². The second-order valence-electron chi connectivity index (χ2n) is 8.06. The van der Waals surface area contributed by atoms with Gasteiger partial charge in [0.1, 0.15) is 18.3 Å². The predicted molar refractivity (Wildman–Crippen MR) is 80.1 cm³/mol. The van der Waals surface area contributed by atoms with E-state index in [-0.39, 0.29) is 35.6 Å². The maximum absolute atomic E-state index is 12.6. The first-order valence-electron chi connectivity index (χ1n) is 8.19. The van der Waals surface area contributed by atoms with Gasteiger partial charge in [-0.25, -0.2) is 9.78 Å². The molecule has 2 aliphatic carbocycles. The molecule has 1 saturated carbocycles. The van der Waals surface area contributed by atoms with Crippen LogP contribution in [0.3, 0.4) is 0 Å². The van der Waals surface area contributed by atoms with Crippen LogP contribution in [0.2, 0.25) is 19.6 Å². The summed E-state index contributed by atoms with van der Waals surface area (Å²) in [5, 5.41) is 1.35. The number of carbonyl (C=O) groups excluding carboxylic acids is 1. The molecule has 5 heteroatoms. The van der Waals surface area contributed by atoms with Gasteiger partial charge in [-0.2, -0.15) is 0 Å². The minimum atomic E-state index is -1.49. The van der Waals surface area contributed by atoms with E-state index in [1.54, 1.807) is 0 Å². The van der Waals surface area contributed by atoms with Crippen LogP contribution in [-0.2, 0) is 19.3 Å². The van der Waals surface area contributed by atoms with Gasteiger partial charge in [-0.15, -0.1) is 0 Å². The number of ether oxygens (including phenoxy) is 1. The Morgan fingerprint density at radius 3 is 2.52 bits per heavy atom. The summed E-state index contributed by atoms with van der Waals surface area (Å²) in [4.78, 5) is 23.9. The predicted octanol–water partition coefficient (Wildman–Crippen LogP) is 2.99. The molecule has 21 heavy (non-hydrogen) atoms. The van der Waals surface area contributed by atoms with Gasteiger partial charge < -0.3 is 4.74 Å². The van der Waals surface area contributed by atoms with E-state index >= 15 is 0 Å². The number of fused-ring (bicyclic) bond motifs is 1. The number of carbonyl (C=O) groups is 1. The number of hydrogen-bond acceptors (Lipinski definition) is 4. The third-order valence-corrected chi connectivity index (χ3v) is 8.01. The minimum absolute atomic E-state index is 0.00604. The minimum Gasteiger partial charge on any atom is -0.458 e. The van der Waals surface area contributed by atoms with Gasteiger partial charge in [-0.3, -0.25) is 4.79 Å². The zero-order valence-electron chi connectivity index (χ0n) is 13.1. The number of esters is 1. The Morgan fingerprint density at radius 1 is 1.14 bits per heavy atom. The molecule has 1 spiro atoms. The van der Waals surface area contributed by atoms with E-state index in [0.29, 0.717) is 0 Å². The lowest BCUT2D eigenvalue weighted by molar-refractivity contribution is -0.394. The van der Waals surface area contributed by atoms with E-state index in [9.17, 15) is 4.79 Å². The van der Waals surface area contributed by atoms with E-state index in [0.717, 1.165) is 25.7 Å². The summed E-state index contributed by atoms with van der Waals surface area (Å²) >= 11 is 0. The quantitative estimate of drug-likeness (QED) is 0.424. The molecule has 4 nitrogen and oxygen atoms in total. The van der Waals surface area contributed by atoms with Crippen molar-refractivity contribution in [3.8, 4) is 0 Å². The Labute approximate surface area is 126 Å². The van der Waals surface area contributed by atoms with Crippen LogP contribution in [0.5, 0.6) is 0 Å². The Hall–Kier alpha value is -0.653. The molecule has 3 fully saturated rings. The van der Waals surface area contributed by atoms with Gasteiger partial charge in [0.2, 0.25) is 0 Å². The van der Waals surface area contributed by atoms with Gasteiger partial charge in [0.05, 0.1) is 13.5 Å². The van der Waals surface area contributed by atoms with Crippen molar-refractivity contribution in [1.82, 2.24) is 0 Å². The molecule has 5 rings (SSSR count). The topological polar surface area (TPSA) is 44.8 Å². The van der Waals surface area contributed by atoms with Gasteiger partial charge in [0.25, 0.3) is 0 Å². The van der Waals surface area contributed by atoms with Gasteiger partial charge in [-0.05, 0) is 18.0 Å². The van der Waals surface area contributed by atoms with Crippen molar-refractivity contribution in [1.29, 1.82) is 0 Å². The molecule has 0 aromatic rings. The molecule has 5 aliphatic rings. The summed E-state index contributed by atoms with van der Waals surface area (Å²) in [6.07, 6.45) is 7.26. The SMILES string of the molecule is C[Si](C)(C)C1=C[C@@H]2OO[C@H]1[C@@H]1OC(=O)C3(CCCCC3)[C@@H]12. The highest BCUT2D eigenvalue weighted by Crippen LogP contribution is 2.57. The standard InChI is InChI=1S/C16H24O4Si/c1-21(2,3)11-9-10-12-14(13(11)20-19-10)18-15(17)16(12)7-5-4-6-8-16/h9-10,12-14H,4-8H2,1-3H3/t10-,12+,13+,14+/m0/s1. The van der Waals surface area contributed by atoms with Crippen LogP contribution in [0.4, 0.5) is 0 Å². The van der Waals surface area contributed by atoms with Gasteiger partial charge >= 0.3 is 5.97 Å². The number of rotatable bonds is 1. The lowest BCUT2D eigenvalue weighted by Gasteiger charge is -2.48. The molecule has 0 aromatic carbocycles. The maximum Gasteiger partial charge on any atom is 0.313 e. The van der Waals surface area contributed by atoms with Crippen molar-refractivity contribution in [2.45, 2.75) is 70.1 Å². The first kappa shape index (κ1) is 14.0. The van der Waals surface area contributed by atoms with E-state index < -0.39 is 8.07 Å². The molecule has 3 heterocycles. The third kappa shape index (κ3) is 1.83. The van der Waals surface area contributed by atoms with Crippen molar-refractivity contribution >= 4 is 14.0 Å². The van der Waals surface area contributed by atoms with E-state index in [1.807, 2.05) is 0 Å². The van der Waals surface area contributed by atoms with Crippen LogP contribution >= 0.6 is 0 Å². The zero-order valence-corrected chi connectivity index (χ0v) is 14.1. The molecule has 0 unspecified atom stereocenters. The monoisotopic (exact) mass is 308 g/mol. The normalized spacial score (nSPS) is 40.9. The Balaban J connectivity index is 1.75. The fourth-order valence-electron chi connectivity index (χ4n) is 4.78. The molecule has 0 aromatic heterocycles. The highest BCUT2D eigenvalue weighted by molar-refractivity contribution is 6.83. The van der Waals surface area contributed by atoms with Crippen LogP contribution in [0.25, 0.3) is 0 Å². The van der Waals surface area contributed by atoms with Crippen LogP contribution < -0.4 is 0 Å². The van der Waals surface area contributed by atoms with E-state index in [2.05, 4.69) is 25.7 Å². The summed E-state index contributed by atoms with van der Waals surface area (Å²) in [5.41, 5.74) is -0.308. The van der Waals surface area contributed by atoms with Crippen molar-refractivity contribution in [2.24, 2.45) is 11.3 Å². The molecule has 4 atom stereocenters. The second kappa shape index (κ2) is 4.43. The molecule has 2 bridgehead atoms. The first-order valence-corrected chi connectivity index (χ1v) is 11.7. The van der Waals surface area contributed by atoms with Crippen molar-refractivity contribution in [3.05, 3.63) is 11.3 Å². The summed E-state index contributed by atoms with van der Waals surface area (Å²) in [6, 6.07) is 0. The zero-order chi connectivity index (χ0) is 14.8. The highest BCUT2D eigenvalue weighted by Gasteiger charge is 2.66. The Bertz CT molecular complexity index is 501. The fraction of sp³-hybridized carbons (Fsp3) is 0.812. The summed E-state index contributed by atoms with van der Waals surface area (Å²) in [7, 11) is -1.49.